The van der Waals surface area contributed by atoms with Gasteiger partial charge in [0, 0.05) is 12.6 Å². The van der Waals surface area contributed by atoms with Gasteiger partial charge in [0.1, 0.15) is 6.04 Å². The first-order valence-corrected chi connectivity index (χ1v) is 6.44. The molecule has 0 radical (unpaired) electrons. The molecule has 1 aliphatic heterocycles. The van der Waals surface area contributed by atoms with Crippen molar-refractivity contribution in [3.8, 4) is 0 Å². The van der Waals surface area contributed by atoms with Gasteiger partial charge in [-0.1, -0.05) is 6.92 Å². The fourth-order valence-electron chi connectivity index (χ4n) is 2.59. The van der Waals surface area contributed by atoms with E-state index in [-0.39, 0.29) is 18.9 Å². The Balaban J connectivity index is 2.55. The molecule has 8 heteroatoms. The van der Waals surface area contributed by atoms with Crippen molar-refractivity contribution in [2.75, 3.05) is 11.4 Å². The zero-order chi connectivity index (χ0) is 15.7. The molecule has 0 saturated carbocycles. The normalized spacial score (nSPS) is 22.1. The Bertz CT molecular complexity index is 594. The Morgan fingerprint density at radius 2 is 2.14 bits per heavy atom. The quantitative estimate of drug-likeness (QED) is 0.685. The average molecular weight is 300 g/mol. The summed E-state index contributed by atoms with van der Waals surface area (Å²) >= 11 is 0. The average Bonchev–Trinajstić information content (AvgIpc) is 2.41. The van der Waals surface area contributed by atoms with E-state index in [2.05, 4.69) is 0 Å². The summed E-state index contributed by atoms with van der Waals surface area (Å²) in [5.41, 5.74) is -1.21. The van der Waals surface area contributed by atoms with Crippen molar-refractivity contribution >= 4 is 17.3 Å². The first kappa shape index (κ1) is 15.1. The summed E-state index contributed by atoms with van der Waals surface area (Å²) in [5, 5.41) is 20.3. The summed E-state index contributed by atoms with van der Waals surface area (Å²) in [7, 11) is 0. The SMILES string of the molecule is CC1CCN(c2c([N+](=O)[O-])ccc(F)c2F)C(C(=O)O)C1. The van der Waals surface area contributed by atoms with E-state index in [0.29, 0.717) is 12.5 Å². The van der Waals surface area contributed by atoms with Gasteiger partial charge < -0.3 is 10.0 Å². The molecule has 6 nitrogen and oxygen atoms in total. The Morgan fingerprint density at radius 3 is 2.71 bits per heavy atom. The second kappa shape index (κ2) is 5.63. The number of carboxylic acids is 1. The highest BCUT2D eigenvalue weighted by molar-refractivity contribution is 5.80. The van der Waals surface area contributed by atoms with E-state index in [1.165, 1.54) is 0 Å². The molecule has 1 aromatic carbocycles. The van der Waals surface area contributed by atoms with E-state index < -0.39 is 39.9 Å². The standard InChI is InChI=1S/C13H14F2N2O4/c1-7-4-5-16(10(6-7)13(18)19)12-9(17(20)21)3-2-8(14)11(12)15/h2-3,7,10H,4-6H2,1H3,(H,18,19). The Kier molecular flexibility index (Phi) is 4.06. The third-order valence-electron chi connectivity index (χ3n) is 3.68. The molecule has 1 aliphatic rings. The molecule has 0 aromatic heterocycles. The molecule has 1 N–H and O–H groups in total. The molecular formula is C13H14F2N2O4. The number of carbonyl (C=O) groups is 1. The van der Waals surface area contributed by atoms with Crippen LogP contribution in [0, 0.1) is 27.7 Å². The zero-order valence-electron chi connectivity index (χ0n) is 11.3. The summed E-state index contributed by atoms with van der Waals surface area (Å²) in [6, 6.07) is 0.410. The van der Waals surface area contributed by atoms with Crippen LogP contribution in [0.15, 0.2) is 12.1 Å². The van der Waals surface area contributed by atoms with Crippen LogP contribution < -0.4 is 4.90 Å². The molecule has 1 saturated heterocycles. The van der Waals surface area contributed by atoms with Crippen molar-refractivity contribution < 1.29 is 23.6 Å². The third kappa shape index (κ3) is 2.79. The molecule has 1 heterocycles. The van der Waals surface area contributed by atoms with Crippen molar-refractivity contribution in [3.63, 3.8) is 0 Å². The van der Waals surface area contributed by atoms with Crippen LogP contribution in [0.1, 0.15) is 19.8 Å². The number of carboxylic acid groups (broad SMARTS) is 1. The van der Waals surface area contributed by atoms with E-state index in [1.807, 2.05) is 6.92 Å². The van der Waals surface area contributed by atoms with Gasteiger partial charge in [-0.05, 0) is 24.8 Å². The number of nitro benzene ring substituents is 1. The summed E-state index contributed by atoms with van der Waals surface area (Å²) in [5.74, 6) is -3.74. The minimum Gasteiger partial charge on any atom is -0.480 e. The lowest BCUT2D eigenvalue weighted by Crippen LogP contribution is -2.47. The van der Waals surface area contributed by atoms with Gasteiger partial charge in [-0.25, -0.2) is 13.6 Å². The Morgan fingerprint density at radius 1 is 1.48 bits per heavy atom. The number of halogens is 2. The van der Waals surface area contributed by atoms with Crippen LogP contribution in [0.4, 0.5) is 20.2 Å². The lowest BCUT2D eigenvalue weighted by Gasteiger charge is -2.37. The number of rotatable bonds is 3. The van der Waals surface area contributed by atoms with Crippen LogP contribution in [-0.2, 0) is 4.79 Å². The van der Waals surface area contributed by atoms with Crippen molar-refractivity contribution in [2.45, 2.75) is 25.8 Å². The monoisotopic (exact) mass is 300 g/mol. The molecule has 0 spiro atoms. The van der Waals surface area contributed by atoms with E-state index >= 15 is 0 Å². The summed E-state index contributed by atoms with van der Waals surface area (Å²) in [4.78, 5) is 22.6. The number of aliphatic carboxylic acids is 1. The van der Waals surface area contributed by atoms with Gasteiger partial charge in [0.25, 0.3) is 5.69 Å². The lowest BCUT2D eigenvalue weighted by molar-refractivity contribution is -0.384. The van der Waals surface area contributed by atoms with Gasteiger partial charge in [-0.3, -0.25) is 10.1 Å². The molecule has 2 rings (SSSR count). The smallest absolute Gasteiger partial charge is 0.326 e. The van der Waals surface area contributed by atoms with Gasteiger partial charge in [-0.2, -0.15) is 0 Å². The molecule has 114 valence electrons. The molecule has 2 unspecified atom stereocenters. The number of nitrogens with zero attached hydrogens (tertiary/aromatic N) is 2. The van der Waals surface area contributed by atoms with Gasteiger partial charge in [0.15, 0.2) is 17.3 Å². The second-order valence-corrected chi connectivity index (χ2v) is 5.16. The number of hydrogen-bond donors (Lipinski definition) is 1. The first-order chi connectivity index (χ1) is 9.82. The van der Waals surface area contributed by atoms with Crippen LogP contribution in [-0.4, -0.2) is 28.6 Å². The van der Waals surface area contributed by atoms with Gasteiger partial charge in [0.05, 0.1) is 4.92 Å². The fourth-order valence-corrected chi connectivity index (χ4v) is 2.59. The maximum Gasteiger partial charge on any atom is 0.326 e. The number of hydrogen-bond acceptors (Lipinski definition) is 4. The molecule has 0 bridgehead atoms. The minimum absolute atomic E-state index is 0.0954. The summed E-state index contributed by atoms with van der Waals surface area (Å²) in [6.45, 7) is 1.98. The van der Waals surface area contributed by atoms with Crippen LogP contribution >= 0.6 is 0 Å². The molecule has 0 amide bonds. The highest BCUT2D eigenvalue weighted by atomic mass is 19.2. The Hall–Kier alpha value is -2.25. The van der Waals surface area contributed by atoms with E-state index in [9.17, 15) is 28.8 Å². The van der Waals surface area contributed by atoms with Crippen molar-refractivity contribution in [1.29, 1.82) is 0 Å². The van der Waals surface area contributed by atoms with Crippen LogP contribution in [0.3, 0.4) is 0 Å². The molecule has 21 heavy (non-hydrogen) atoms. The zero-order valence-corrected chi connectivity index (χ0v) is 11.3. The number of benzene rings is 1. The predicted octanol–water partition coefficient (Wildman–Crippen LogP) is 2.56. The van der Waals surface area contributed by atoms with E-state index in [4.69, 9.17) is 0 Å². The maximum atomic E-state index is 14.0. The van der Waals surface area contributed by atoms with Crippen LogP contribution in [0.25, 0.3) is 0 Å². The van der Waals surface area contributed by atoms with E-state index in [0.717, 1.165) is 11.0 Å². The van der Waals surface area contributed by atoms with Gasteiger partial charge in [-0.15, -0.1) is 0 Å². The predicted molar refractivity (Wildman–Crippen MR) is 70.2 cm³/mol. The van der Waals surface area contributed by atoms with Crippen molar-refractivity contribution in [1.82, 2.24) is 0 Å². The molecule has 2 atom stereocenters. The number of piperidine rings is 1. The van der Waals surface area contributed by atoms with Crippen molar-refractivity contribution in [3.05, 3.63) is 33.9 Å². The molecule has 0 aliphatic carbocycles. The Labute approximate surface area is 119 Å². The lowest BCUT2D eigenvalue weighted by atomic mass is 9.91. The number of anilines is 1. The topological polar surface area (TPSA) is 83.7 Å². The van der Waals surface area contributed by atoms with Gasteiger partial charge in [0.2, 0.25) is 0 Å². The van der Waals surface area contributed by atoms with Crippen molar-refractivity contribution in [2.24, 2.45) is 5.92 Å². The van der Waals surface area contributed by atoms with Gasteiger partial charge >= 0.3 is 5.97 Å². The fraction of sp³-hybridized carbons (Fsp3) is 0.462. The molecular weight excluding hydrogens is 286 g/mol. The molecule has 1 fully saturated rings. The summed E-state index contributed by atoms with van der Waals surface area (Å²) in [6.07, 6.45) is 0.777. The largest absolute Gasteiger partial charge is 0.480 e. The maximum absolute atomic E-state index is 14.0. The van der Waals surface area contributed by atoms with E-state index in [1.54, 1.807) is 0 Å². The number of nitro groups is 1. The minimum atomic E-state index is -1.38. The third-order valence-corrected chi connectivity index (χ3v) is 3.68. The van der Waals surface area contributed by atoms with Crippen LogP contribution in [0.2, 0.25) is 0 Å². The second-order valence-electron chi connectivity index (χ2n) is 5.16. The molecule has 1 aromatic rings. The highest BCUT2D eigenvalue weighted by Crippen LogP contribution is 2.37. The first-order valence-electron chi connectivity index (χ1n) is 6.44. The van der Waals surface area contributed by atoms with Crippen LogP contribution in [0.5, 0.6) is 0 Å². The summed E-state index contributed by atoms with van der Waals surface area (Å²) < 4.78 is 27.4. The highest BCUT2D eigenvalue weighted by Gasteiger charge is 2.37.